The van der Waals surface area contributed by atoms with E-state index in [1.807, 2.05) is 24.3 Å². The molecule has 8 heteroatoms. The molecule has 0 radical (unpaired) electrons. The van der Waals surface area contributed by atoms with E-state index in [1.54, 1.807) is 17.7 Å². The first-order valence-corrected chi connectivity index (χ1v) is 11.7. The SMILES string of the molecule is C#CCOc1ccc2nc(-c3nc4cc(C(F)(F)F)ccc4n3C)nc(-c3ccc(C(C)C)cc3)c2c1. The summed E-state index contributed by atoms with van der Waals surface area (Å²) in [5, 5.41) is 0.758. The van der Waals surface area contributed by atoms with Gasteiger partial charge in [-0.25, -0.2) is 15.0 Å². The van der Waals surface area contributed by atoms with Crippen molar-refractivity contribution < 1.29 is 17.9 Å². The molecular weight excluding hydrogens is 477 g/mol. The number of aryl methyl sites for hydroxylation is 1. The van der Waals surface area contributed by atoms with Crippen molar-refractivity contribution in [3.05, 3.63) is 71.8 Å². The van der Waals surface area contributed by atoms with Crippen LogP contribution in [0, 0.1) is 12.3 Å². The number of hydrogen-bond donors (Lipinski definition) is 0. The van der Waals surface area contributed by atoms with Crippen molar-refractivity contribution in [3.8, 4) is 41.0 Å². The fraction of sp³-hybridized carbons (Fsp3) is 0.207. The maximum absolute atomic E-state index is 13.3. The number of alkyl halides is 3. The first-order valence-electron chi connectivity index (χ1n) is 11.7. The number of imidazole rings is 1. The highest BCUT2D eigenvalue weighted by molar-refractivity contribution is 5.94. The van der Waals surface area contributed by atoms with Gasteiger partial charge in [-0.2, -0.15) is 13.2 Å². The topological polar surface area (TPSA) is 52.8 Å². The zero-order valence-electron chi connectivity index (χ0n) is 20.5. The fourth-order valence-electron chi connectivity index (χ4n) is 4.24. The molecule has 0 spiro atoms. The number of benzene rings is 3. The van der Waals surface area contributed by atoms with E-state index in [2.05, 4.69) is 36.9 Å². The van der Waals surface area contributed by atoms with Crippen molar-refractivity contribution in [2.45, 2.75) is 25.9 Å². The molecule has 0 unspecified atom stereocenters. The molecule has 2 aromatic heterocycles. The van der Waals surface area contributed by atoms with Crippen molar-refractivity contribution in [1.29, 1.82) is 0 Å². The lowest BCUT2D eigenvalue weighted by atomic mass is 9.99. The van der Waals surface area contributed by atoms with Crippen LogP contribution >= 0.6 is 0 Å². The van der Waals surface area contributed by atoms with Gasteiger partial charge in [0.2, 0.25) is 0 Å². The average molecular weight is 501 g/mol. The molecule has 0 atom stereocenters. The van der Waals surface area contributed by atoms with Crippen molar-refractivity contribution in [3.63, 3.8) is 0 Å². The second-order valence-electron chi connectivity index (χ2n) is 9.04. The van der Waals surface area contributed by atoms with Gasteiger partial charge in [0.15, 0.2) is 11.6 Å². The molecule has 0 N–H and O–H groups in total. The Morgan fingerprint density at radius 3 is 2.38 bits per heavy atom. The number of halogens is 3. The van der Waals surface area contributed by atoms with E-state index in [1.165, 1.54) is 11.6 Å². The Morgan fingerprint density at radius 1 is 0.946 bits per heavy atom. The van der Waals surface area contributed by atoms with Crippen LogP contribution in [0.3, 0.4) is 0 Å². The van der Waals surface area contributed by atoms with Gasteiger partial charge in [-0.05, 0) is 47.9 Å². The molecule has 0 aliphatic heterocycles. The molecule has 37 heavy (non-hydrogen) atoms. The highest BCUT2D eigenvalue weighted by atomic mass is 19.4. The standard InChI is InChI=1S/C29H23F3N4O/c1-5-14-37-21-11-12-23-22(16-21)26(19-8-6-18(7-9-19)17(2)3)35-27(33-23)28-34-24-15-20(29(30,31)32)10-13-25(24)36(28)4/h1,6-13,15-17H,14H2,2-4H3. The van der Waals surface area contributed by atoms with Crippen LogP contribution in [-0.2, 0) is 13.2 Å². The molecule has 0 saturated carbocycles. The molecule has 0 aliphatic carbocycles. The average Bonchev–Trinajstić information content (AvgIpc) is 3.22. The minimum absolute atomic E-state index is 0.128. The summed E-state index contributed by atoms with van der Waals surface area (Å²) < 4.78 is 47.1. The van der Waals surface area contributed by atoms with Crippen LogP contribution < -0.4 is 4.74 Å². The molecule has 0 bridgehead atoms. The summed E-state index contributed by atoms with van der Waals surface area (Å²) in [6.07, 6.45) is 0.882. The number of terminal acetylenes is 1. The Morgan fingerprint density at radius 2 is 1.70 bits per heavy atom. The molecule has 2 heterocycles. The zero-order valence-corrected chi connectivity index (χ0v) is 20.5. The third kappa shape index (κ3) is 4.60. The molecule has 5 rings (SSSR count). The minimum atomic E-state index is -4.46. The minimum Gasteiger partial charge on any atom is -0.481 e. The molecule has 0 fully saturated rings. The van der Waals surface area contributed by atoms with Crippen LogP contribution in [0.1, 0.15) is 30.9 Å². The van der Waals surface area contributed by atoms with Gasteiger partial charge < -0.3 is 9.30 Å². The summed E-state index contributed by atoms with van der Waals surface area (Å²) in [5.74, 6) is 4.09. The number of fused-ring (bicyclic) bond motifs is 2. The normalized spacial score (nSPS) is 11.8. The molecule has 5 nitrogen and oxygen atoms in total. The molecule has 3 aromatic carbocycles. The molecule has 0 aliphatic rings. The summed E-state index contributed by atoms with van der Waals surface area (Å²) >= 11 is 0. The van der Waals surface area contributed by atoms with Gasteiger partial charge in [-0.15, -0.1) is 6.42 Å². The van der Waals surface area contributed by atoms with E-state index in [0.29, 0.717) is 40.0 Å². The number of nitrogens with zero attached hydrogens (tertiary/aromatic N) is 4. The van der Waals surface area contributed by atoms with E-state index in [0.717, 1.165) is 23.1 Å². The van der Waals surface area contributed by atoms with Crippen LogP contribution in [0.4, 0.5) is 13.2 Å². The molecular formula is C29H23F3N4O. The Balaban J connectivity index is 1.71. The fourth-order valence-corrected chi connectivity index (χ4v) is 4.24. The first kappa shape index (κ1) is 24.3. The van der Waals surface area contributed by atoms with Gasteiger partial charge in [0.05, 0.1) is 27.8 Å². The van der Waals surface area contributed by atoms with Crippen molar-refractivity contribution in [2.24, 2.45) is 7.05 Å². The third-order valence-corrected chi connectivity index (χ3v) is 6.25. The number of aromatic nitrogens is 4. The van der Waals surface area contributed by atoms with E-state index < -0.39 is 11.7 Å². The predicted molar refractivity (Wildman–Crippen MR) is 138 cm³/mol. The first-order chi connectivity index (χ1) is 17.7. The summed E-state index contributed by atoms with van der Waals surface area (Å²) in [5.41, 5.74) is 3.37. The zero-order chi connectivity index (χ0) is 26.3. The maximum atomic E-state index is 13.3. The van der Waals surface area contributed by atoms with Gasteiger partial charge in [0, 0.05) is 18.0 Å². The number of rotatable bonds is 5. The monoisotopic (exact) mass is 500 g/mol. The van der Waals surface area contributed by atoms with Gasteiger partial charge in [0.25, 0.3) is 0 Å². The summed E-state index contributed by atoms with van der Waals surface area (Å²) in [6.45, 7) is 4.37. The van der Waals surface area contributed by atoms with Crippen molar-refractivity contribution in [1.82, 2.24) is 19.5 Å². The smallest absolute Gasteiger partial charge is 0.416 e. The van der Waals surface area contributed by atoms with Crippen molar-refractivity contribution in [2.75, 3.05) is 6.61 Å². The Kier molecular flexibility index (Phi) is 6.08. The number of hydrogen-bond acceptors (Lipinski definition) is 4. The van der Waals surface area contributed by atoms with Gasteiger partial charge in [0.1, 0.15) is 12.4 Å². The largest absolute Gasteiger partial charge is 0.481 e. The molecule has 186 valence electrons. The lowest BCUT2D eigenvalue weighted by Crippen LogP contribution is -2.04. The quantitative estimate of drug-likeness (QED) is 0.244. The number of ether oxygens (including phenoxy) is 1. The van der Waals surface area contributed by atoms with Gasteiger partial charge in [-0.1, -0.05) is 44.0 Å². The summed E-state index contributed by atoms with van der Waals surface area (Å²) in [7, 11) is 1.74. The van der Waals surface area contributed by atoms with Gasteiger partial charge in [-0.3, -0.25) is 0 Å². The van der Waals surface area contributed by atoms with Crippen LogP contribution in [0.25, 0.3) is 44.8 Å². The van der Waals surface area contributed by atoms with E-state index in [9.17, 15) is 13.2 Å². The second kappa shape index (κ2) is 9.25. The van der Waals surface area contributed by atoms with Gasteiger partial charge >= 0.3 is 6.18 Å². The van der Waals surface area contributed by atoms with Crippen LogP contribution in [0.5, 0.6) is 5.75 Å². The van der Waals surface area contributed by atoms with Crippen LogP contribution in [0.15, 0.2) is 60.7 Å². The Bertz CT molecular complexity index is 1660. The molecule has 0 amide bonds. The second-order valence-corrected chi connectivity index (χ2v) is 9.04. The van der Waals surface area contributed by atoms with Crippen LogP contribution in [-0.4, -0.2) is 26.1 Å². The Hall–Kier alpha value is -4.38. The Labute approximate surface area is 212 Å². The lowest BCUT2D eigenvalue weighted by molar-refractivity contribution is -0.137. The van der Waals surface area contributed by atoms with Crippen molar-refractivity contribution >= 4 is 21.9 Å². The highest BCUT2D eigenvalue weighted by Gasteiger charge is 2.31. The highest BCUT2D eigenvalue weighted by Crippen LogP contribution is 2.35. The van der Waals surface area contributed by atoms with E-state index in [-0.39, 0.29) is 12.1 Å². The third-order valence-electron chi connectivity index (χ3n) is 6.25. The maximum Gasteiger partial charge on any atom is 0.416 e. The molecule has 5 aromatic rings. The lowest BCUT2D eigenvalue weighted by Gasteiger charge is -2.12. The molecule has 0 saturated heterocycles. The van der Waals surface area contributed by atoms with E-state index >= 15 is 0 Å². The summed E-state index contributed by atoms with van der Waals surface area (Å²) in [4.78, 5) is 14.1. The van der Waals surface area contributed by atoms with Crippen LogP contribution in [0.2, 0.25) is 0 Å². The summed E-state index contributed by atoms with van der Waals surface area (Å²) in [6, 6.07) is 17.0. The van der Waals surface area contributed by atoms with E-state index in [4.69, 9.17) is 21.1 Å². The predicted octanol–water partition coefficient (Wildman–Crippen LogP) is 7.00.